The van der Waals surface area contributed by atoms with Crippen LogP contribution in [-0.2, 0) is 14.3 Å². The Bertz CT molecular complexity index is 1130. The first-order valence-electron chi connectivity index (χ1n) is 27.3. The lowest BCUT2D eigenvalue weighted by Crippen LogP contribution is -2.60. The lowest BCUT2D eigenvalue weighted by Gasteiger charge is -2.40. The minimum Gasteiger partial charge on any atom is -0.394 e. The molecule has 0 bridgehead atoms. The topological polar surface area (TPSA) is 169 Å². The summed E-state index contributed by atoms with van der Waals surface area (Å²) in [6.07, 6.45) is 47.0. The van der Waals surface area contributed by atoms with Crippen LogP contribution >= 0.6 is 0 Å². The molecule has 0 aromatic heterocycles. The Morgan fingerprint density at radius 1 is 0.523 bits per heavy atom. The maximum absolute atomic E-state index is 13.1. The van der Waals surface area contributed by atoms with E-state index in [1.54, 1.807) is 6.08 Å². The second-order valence-corrected chi connectivity index (χ2v) is 19.2. The van der Waals surface area contributed by atoms with Crippen molar-refractivity contribution in [3.8, 4) is 0 Å². The lowest BCUT2D eigenvalue weighted by atomic mass is 9.99. The molecule has 1 aliphatic heterocycles. The summed E-state index contributed by atoms with van der Waals surface area (Å²) in [5.74, 6) is -0.628. The van der Waals surface area contributed by atoms with E-state index >= 15 is 0 Å². The Morgan fingerprint density at radius 2 is 0.908 bits per heavy atom. The molecular formula is C55H103NO9. The number of carbonyl (C=O) groups excluding carboxylic acids is 1. The van der Waals surface area contributed by atoms with Gasteiger partial charge in [0.25, 0.3) is 0 Å². The number of nitrogens with one attached hydrogen (secondary N) is 1. The summed E-state index contributed by atoms with van der Waals surface area (Å²) < 4.78 is 11.1. The predicted molar refractivity (Wildman–Crippen MR) is 269 cm³/mol. The van der Waals surface area contributed by atoms with E-state index in [1.807, 2.05) is 6.08 Å². The van der Waals surface area contributed by atoms with Gasteiger partial charge in [0, 0.05) is 0 Å². The summed E-state index contributed by atoms with van der Waals surface area (Å²) in [5.41, 5.74) is 0. The van der Waals surface area contributed by atoms with Crippen molar-refractivity contribution in [3.05, 3.63) is 36.5 Å². The molecule has 10 nitrogen and oxygen atoms in total. The summed E-state index contributed by atoms with van der Waals surface area (Å²) in [6.45, 7) is 3.55. The molecule has 1 aliphatic rings. The molecule has 1 fully saturated rings. The number of carbonyl (C=O) groups is 1. The van der Waals surface area contributed by atoms with Gasteiger partial charge in [-0.05, 0) is 38.5 Å². The molecule has 1 heterocycles. The molecule has 10 heteroatoms. The Morgan fingerprint density at radius 3 is 1.32 bits per heavy atom. The fraction of sp³-hybridized carbons (Fsp3) is 0.873. The van der Waals surface area contributed by atoms with E-state index in [-0.39, 0.29) is 6.61 Å². The molecule has 0 aromatic carbocycles. The van der Waals surface area contributed by atoms with Gasteiger partial charge in [0.2, 0.25) is 5.91 Å². The van der Waals surface area contributed by atoms with Gasteiger partial charge in [-0.3, -0.25) is 4.79 Å². The van der Waals surface area contributed by atoms with Crippen molar-refractivity contribution >= 4 is 5.91 Å². The van der Waals surface area contributed by atoms with Gasteiger partial charge in [0.1, 0.15) is 30.5 Å². The Kier molecular flexibility index (Phi) is 42.4. The fourth-order valence-corrected chi connectivity index (χ4v) is 8.59. The van der Waals surface area contributed by atoms with Crippen molar-refractivity contribution in [2.24, 2.45) is 0 Å². The van der Waals surface area contributed by atoms with Crippen molar-refractivity contribution in [2.75, 3.05) is 13.2 Å². The first kappa shape index (κ1) is 61.4. The van der Waals surface area contributed by atoms with Crippen LogP contribution in [0.3, 0.4) is 0 Å². The monoisotopic (exact) mass is 922 g/mol. The molecular weight excluding hydrogens is 819 g/mol. The van der Waals surface area contributed by atoms with Crippen LogP contribution in [0.2, 0.25) is 0 Å². The maximum Gasteiger partial charge on any atom is 0.249 e. The average Bonchev–Trinajstić information content (AvgIpc) is 3.31. The lowest BCUT2D eigenvalue weighted by molar-refractivity contribution is -0.302. The number of ether oxygens (including phenoxy) is 2. The second kappa shape index (κ2) is 44.9. The van der Waals surface area contributed by atoms with Gasteiger partial charge in [0.15, 0.2) is 6.29 Å². The molecule has 8 atom stereocenters. The number of rotatable bonds is 46. The number of amides is 1. The molecule has 1 saturated heterocycles. The molecule has 8 unspecified atom stereocenters. The van der Waals surface area contributed by atoms with Gasteiger partial charge in [0.05, 0.1) is 25.4 Å². The fourth-order valence-electron chi connectivity index (χ4n) is 8.59. The highest BCUT2D eigenvalue weighted by Gasteiger charge is 2.44. The third kappa shape index (κ3) is 34.3. The Labute approximate surface area is 398 Å². The van der Waals surface area contributed by atoms with Crippen LogP contribution in [0.15, 0.2) is 36.5 Å². The van der Waals surface area contributed by atoms with E-state index in [2.05, 4.69) is 43.5 Å². The van der Waals surface area contributed by atoms with Crippen LogP contribution in [0.4, 0.5) is 0 Å². The molecule has 0 saturated carbocycles. The van der Waals surface area contributed by atoms with Crippen LogP contribution in [0.5, 0.6) is 0 Å². The third-order valence-electron chi connectivity index (χ3n) is 13.1. The number of hydrogen-bond acceptors (Lipinski definition) is 9. The first-order valence-corrected chi connectivity index (χ1v) is 27.3. The minimum absolute atomic E-state index is 0.304. The van der Waals surface area contributed by atoms with E-state index in [9.17, 15) is 35.4 Å². The third-order valence-corrected chi connectivity index (χ3v) is 13.1. The molecule has 0 spiro atoms. The van der Waals surface area contributed by atoms with Crippen molar-refractivity contribution < 1.29 is 44.9 Å². The molecule has 7 N–H and O–H groups in total. The molecule has 1 amide bonds. The van der Waals surface area contributed by atoms with E-state index in [0.29, 0.717) is 19.3 Å². The summed E-state index contributed by atoms with van der Waals surface area (Å²) >= 11 is 0. The summed E-state index contributed by atoms with van der Waals surface area (Å²) in [6, 6.07) is -1.00. The van der Waals surface area contributed by atoms with Gasteiger partial charge in [-0.25, -0.2) is 0 Å². The largest absolute Gasteiger partial charge is 0.394 e. The van der Waals surface area contributed by atoms with Gasteiger partial charge in [-0.2, -0.15) is 0 Å². The average molecular weight is 922 g/mol. The number of allylic oxidation sites excluding steroid dienone is 5. The molecule has 65 heavy (non-hydrogen) atoms. The first-order chi connectivity index (χ1) is 31.8. The maximum atomic E-state index is 13.1. The van der Waals surface area contributed by atoms with Crippen LogP contribution < -0.4 is 5.32 Å². The molecule has 1 rings (SSSR count). The number of hydrogen-bond donors (Lipinski definition) is 7. The smallest absolute Gasteiger partial charge is 0.249 e. The molecule has 0 aromatic rings. The number of aliphatic hydroxyl groups excluding tert-OH is 6. The second-order valence-electron chi connectivity index (χ2n) is 19.2. The highest BCUT2D eigenvalue weighted by molar-refractivity contribution is 5.80. The predicted octanol–water partition coefficient (Wildman–Crippen LogP) is 11.8. The Balaban J connectivity index is 2.20. The van der Waals surface area contributed by atoms with Crippen molar-refractivity contribution in [3.63, 3.8) is 0 Å². The minimum atomic E-state index is -1.62. The van der Waals surface area contributed by atoms with Crippen LogP contribution in [0.1, 0.15) is 245 Å². The zero-order valence-corrected chi connectivity index (χ0v) is 41.9. The standard InChI is InChI=1S/C55H103NO9/c1-3-5-7-9-11-13-15-17-18-19-20-21-22-23-24-25-26-27-28-29-30-31-32-34-36-38-40-42-44-49(59)54(63)56-47(46-64-55-53(62)52(61)51(60)50(45-57)65-55)48(58)43-41-39-37-35-33-16-14-12-10-8-6-4-2/h10,12,33,35,41,43,47-53,55,57-62H,3-9,11,13-32,34,36-40,42,44-46H2,1-2H3,(H,56,63)/b12-10+,35-33+,43-41+. The van der Waals surface area contributed by atoms with E-state index in [1.165, 1.54) is 167 Å². The molecule has 382 valence electrons. The van der Waals surface area contributed by atoms with E-state index in [4.69, 9.17) is 9.47 Å². The van der Waals surface area contributed by atoms with Gasteiger partial charge in [-0.1, -0.05) is 243 Å². The van der Waals surface area contributed by atoms with Crippen molar-refractivity contribution in [1.82, 2.24) is 5.32 Å². The normalized spacial score (nSPS) is 20.6. The number of unbranched alkanes of at least 4 members (excludes halogenated alkanes) is 31. The van der Waals surface area contributed by atoms with Crippen LogP contribution in [0, 0.1) is 0 Å². The SMILES string of the molecule is CCCC/C=C/CC/C=C/CC/C=C/C(O)C(COC1OC(CO)C(O)C(O)C1O)NC(=O)C(O)CCCCCCCCCCCCCCCCCCCCCCCCCCCCCC. The highest BCUT2D eigenvalue weighted by atomic mass is 16.7. The van der Waals surface area contributed by atoms with E-state index in [0.717, 1.165) is 44.9 Å². The van der Waals surface area contributed by atoms with Gasteiger partial charge in [-0.15, -0.1) is 0 Å². The zero-order chi connectivity index (χ0) is 47.4. The number of aliphatic hydroxyl groups is 6. The highest BCUT2D eigenvalue weighted by Crippen LogP contribution is 2.23. The quantitative estimate of drug-likeness (QED) is 0.0232. The van der Waals surface area contributed by atoms with Crippen LogP contribution in [0.25, 0.3) is 0 Å². The van der Waals surface area contributed by atoms with Crippen molar-refractivity contribution in [2.45, 2.75) is 294 Å². The zero-order valence-electron chi connectivity index (χ0n) is 41.9. The van der Waals surface area contributed by atoms with Gasteiger partial charge < -0.3 is 45.4 Å². The van der Waals surface area contributed by atoms with Crippen molar-refractivity contribution in [1.29, 1.82) is 0 Å². The summed E-state index contributed by atoms with van der Waals surface area (Å²) in [5, 5.41) is 64.7. The molecule has 0 aliphatic carbocycles. The summed E-state index contributed by atoms with van der Waals surface area (Å²) in [4.78, 5) is 13.1. The Hall–Kier alpha value is -1.63. The van der Waals surface area contributed by atoms with Crippen LogP contribution in [-0.4, -0.2) is 98.7 Å². The van der Waals surface area contributed by atoms with Gasteiger partial charge >= 0.3 is 0 Å². The molecule has 0 radical (unpaired) electrons. The summed E-state index contributed by atoms with van der Waals surface area (Å²) in [7, 11) is 0. The van der Waals surface area contributed by atoms with E-state index < -0.39 is 61.5 Å².